The zero-order chi connectivity index (χ0) is 11.8. The summed E-state index contributed by atoms with van der Waals surface area (Å²) in [5, 5.41) is 3.53. The molecule has 0 atom stereocenters. The zero-order valence-corrected chi connectivity index (χ0v) is 10.6. The molecule has 16 heavy (non-hydrogen) atoms. The predicted octanol–water partition coefficient (Wildman–Crippen LogP) is 4.20. The number of benzene rings is 1. The van der Waals surface area contributed by atoms with Crippen molar-refractivity contribution in [3.63, 3.8) is 0 Å². The summed E-state index contributed by atoms with van der Waals surface area (Å²) < 4.78 is 0. The van der Waals surface area contributed by atoms with Gasteiger partial charge in [0.25, 0.3) is 0 Å². The molecule has 1 heterocycles. The largest absolute Gasteiger partial charge is 0.385 e. The second-order valence-electron chi connectivity index (χ2n) is 5.45. The van der Waals surface area contributed by atoms with Gasteiger partial charge in [0.2, 0.25) is 0 Å². The first-order valence-corrected chi connectivity index (χ1v) is 6.05. The monoisotopic (exact) mass is 215 g/mol. The van der Waals surface area contributed by atoms with Gasteiger partial charge in [0, 0.05) is 12.2 Å². The lowest BCUT2D eigenvalue weighted by Crippen LogP contribution is -2.16. The highest BCUT2D eigenvalue weighted by Crippen LogP contribution is 2.37. The summed E-state index contributed by atoms with van der Waals surface area (Å²) in [6.45, 7) is 11.8. The lowest BCUT2D eigenvalue weighted by atomic mass is 9.80. The van der Waals surface area contributed by atoms with Gasteiger partial charge in [0.15, 0.2) is 0 Å². The highest BCUT2D eigenvalue weighted by molar-refractivity contribution is 5.68. The molecule has 0 saturated heterocycles. The van der Waals surface area contributed by atoms with Gasteiger partial charge in [-0.3, -0.25) is 0 Å². The van der Waals surface area contributed by atoms with Gasteiger partial charge in [-0.1, -0.05) is 38.1 Å². The highest BCUT2D eigenvalue weighted by atomic mass is 14.9. The molecule has 0 radical (unpaired) electrons. The van der Waals surface area contributed by atoms with E-state index in [4.69, 9.17) is 0 Å². The van der Waals surface area contributed by atoms with Crippen molar-refractivity contribution in [3.05, 3.63) is 35.9 Å². The van der Waals surface area contributed by atoms with Gasteiger partial charge in [-0.15, -0.1) is 0 Å². The summed E-state index contributed by atoms with van der Waals surface area (Å²) in [5.74, 6) is 0. The van der Waals surface area contributed by atoms with Crippen molar-refractivity contribution in [3.8, 4) is 0 Å². The lowest BCUT2D eigenvalue weighted by Gasteiger charge is -2.25. The fourth-order valence-corrected chi connectivity index (χ4v) is 2.43. The minimum Gasteiger partial charge on any atom is -0.385 e. The van der Waals surface area contributed by atoms with Crippen LogP contribution in [0.4, 0.5) is 5.69 Å². The fraction of sp³-hybridized carbons (Fsp3) is 0.467. The third-order valence-corrected chi connectivity index (χ3v) is 3.54. The van der Waals surface area contributed by atoms with Crippen LogP contribution < -0.4 is 5.32 Å². The second kappa shape index (κ2) is 3.97. The first-order chi connectivity index (χ1) is 7.50. The second-order valence-corrected chi connectivity index (χ2v) is 5.45. The van der Waals surface area contributed by atoms with Gasteiger partial charge in [-0.2, -0.15) is 0 Å². The molecule has 1 heteroatoms. The molecule has 2 rings (SSSR count). The Labute approximate surface area is 98.6 Å². The van der Waals surface area contributed by atoms with Crippen LogP contribution in [0.1, 0.15) is 44.7 Å². The van der Waals surface area contributed by atoms with Gasteiger partial charge in [0.05, 0.1) is 0 Å². The number of anilines is 1. The third-order valence-electron chi connectivity index (χ3n) is 3.54. The average Bonchev–Trinajstić information content (AvgIpc) is 2.37. The molecule has 1 aromatic carbocycles. The van der Waals surface area contributed by atoms with E-state index in [0.717, 1.165) is 12.1 Å². The van der Waals surface area contributed by atoms with Crippen LogP contribution in [0.5, 0.6) is 0 Å². The van der Waals surface area contributed by atoms with Crippen molar-refractivity contribution in [2.45, 2.75) is 39.0 Å². The summed E-state index contributed by atoms with van der Waals surface area (Å²) in [7, 11) is 0. The zero-order valence-electron chi connectivity index (χ0n) is 10.6. The Morgan fingerprint density at radius 2 is 2.12 bits per heavy atom. The number of nitrogens with one attached hydrogen (secondary N) is 1. The van der Waals surface area contributed by atoms with E-state index in [2.05, 4.69) is 50.9 Å². The minimum absolute atomic E-state index is 0.284. The molecule has 0 unspecified atom stereocenters. The molecule has 0 aromatic heterocycles. The van der Waals surface area contributed by atoms with Crippen LogP contribution in [-0.4, -0.2) is 6.54 Å². The summed E-state index contributed by atoms with van der Waals surface area (Å²) in [5.41, 5.74) is 5.39. The molecule has 0 fully saturated rings. The SMILES string of the molecule is C=C(C)c1ccc2c(c1)NCCCC2(C)C. The van der Waals surface area contributed by atoms with E-state index >= 15 is 0 Å². The summed E-state index contributed by atoms with van der Waals surface area (Å²) in [6.07, 6.45) is 2.49. The Kier molecular flexibility index (Phi) is 2.79. The number of rotatable bonds is 1. The van der Waals surface area contributed by atoms with E-state index in [0.29, 0.717) is 0 Å². The number of allylic oxidation sites excluding steroid dienone is 1. The maximum absolute atomic E-state index is 4.01. The number of hydrogen-bond acceptors (Lipinski definition) is 1. The van der Waals surface area contributed by atoms with Crippen LogP contribution in [0.3, 0.4) is 0 Å². The summed E-state index contributed by atoms with van der Waals surface area (Å²) in [6, 6.07) is 6.69. The van der Waals surface area contributed by atoms with Crippen LogP contribution in [-0.2, 0) is 5.41 Å². The van der Waals surface area contributed by atoms with E-state index in [1.54, 1.807) is 0 Å². The first-order valence-electron chi connectivity index (χ1n) is 6.05. The first kappa shape index (κ1) is 11.3. The van der Waals surface area contributed by atoms with Crippen molar-refractivity contribution >= 4 is 11.3 Å². The Morgan fingerprint density at radius 1 is 1.38 bits per heavy atom. The summed E-state index contributed by atoms with van der Waals surface area (Å²) in [4.78, 5) is 0. The topological polar surface area (TPSA) is 12.0 Å². The van der Waals surface area contributed by atoms with Crippen molar-refractivity contribution in [2.24, 2.45) is 0 Å². The third kappa shape index (κ3) is 1.99. The fourth-order valence-electron chi connectivity index (χ4n) is 2.43. The average molecular weight is 215 g/mol. The molecule has 1 aliphatic heterocycles. The van der Waals surface area contributed by atoms with Crippen molar-refractivity contribution in [2.75, 3.05) is 11.9 Å². The molecule has 0 aliphatic carbocycles. The molecule has 0 spiro atoms. The summed E-state index contributed by atoms with van der Waals surface area (Å²) >= 11 is 0. The standard InChI is InChI=1S/C15H21N/c1-11(2)12-6-7-13-14(10-12)16-9-5-8-15(13,3)4/h6-7,10,16H,1,5,8-9H2,2-4H3. The Bertz CT molecular complexity index is 415. The molecule has 0 bridgehead atoms. The molecule has 1 nitrogen and oxygen atoms in total. The minimum atomic E-state index is 0.284. The van der Waals surface area contributed by atoms with Gasteiger partial charge in [0.1, 0.15) is 0 Å². The van der Waals surface area contributed by atoms with E-state index in [1.165, 1.54) is 29.7 Å². The van der Waals surface area contributed by atoms with Gasteiger partial charge >= 0.3 is 0 Å². The maximum Gasteiger partial charge on any atom is 0.0384 e. The Morgan fingerprint density at radius 3 is 2.81 bits per heavy atom. The van der Waals surface area contributed by atoms with Gasteiger partial charge in [-0.05, 0) is 42.4 Å². The quantitative estimate of drug-likeness (QED) is 0.740. The van der Waals surface area contributed by atoms with Crippen LogP contribution in [0.25, 0.3) is 5.57 Å². The van der Waals surface area contributed by atoms with E-state index in [-0.39, 0.29) is 5.41 Å². The Hall–Kier alpha value is -1.24. The maximum atomic E-state index is 4.01. The highest BCUT2D eigenvalue weighted by Gasteiger charge is 2.25. The van der Waals surface area contributed by atoms with Crippen LogP contribution in [0.15, 0.2) is 24.8 Å². The predicted molar refractivity (Wildman–Crippen MR) is 71.9 cm³/mol. The smallest absolute Gasteiger partial charge is 0.0384 e. The number of hydrogen-bond donors (Lipinski definition) is 1. The Balaban J connectivity index is 2.50. The molecule has 1 N–H and O–H groups in total. The van der Waals surface area contributed by atoms with Crippen molar-refractivity contribution < 1.29 is 0 Å². The van der Waals surface area contributed by atoms with Gasteiger partial charge in [-0.25, -0.2) is 0 Å². The molecular formula is C15H21N. The number of fused-ring (bicyclic) bond motifs is 1. The van der Waals surface area contributed by atoms with Crippen LogP contribution >= 0.6 is 0 Å². The van der Waals surface area contributed by atoms with Crippen molar-refractivity contribution in [1.82, 2.24) is 0 Å². The molecule has 86 valence electrons. The normalized spacial score (nSPS) is 18.2. The molecule has 0 amide bonds. The van der Waals surface area contributed by atoms with E-state index < -0.39 is 0 Å². The van der Waals surface area contributed by atoms with Crippen LogP contribution in [0, 0.1) is 0 Å². The molecule has 0 saturated carbocycles. The molecule has 1 aromatic rings. The van der Waals surface area contributed by atoms with Gasteiger partial charge < -0.3 is 5.32 Å². The molecular weight excluding hydrogens is 194 g/mol. The molecule has 1 aliphatic rings. The van der Waals surface area contributed by atoms with E-state index in [1.807, 2.05) is 0 Å². The van der Waals surface area contributed by atoms with Crippen LogP contribution in [0.2, 0.25) is 0 Å². The van der Waals surface area contributed by atoms with Crippen molar-refractivity contribution in [1.29, 1.82) is 0 Å². The lowest BCUT2D eigenvalue weighted by molar-refractivity contribution is 0.478. The van der Waals surface area contributed by atoms with E-state index in [9.17, 15) is 0 Å².